The molecule has 0 aliphatic heterocycles. The fourth-order valence-electron chi connectivity index (χ4n) is 2.46. The highest BCUT2D eigenvalue weighted by molar-refractivity contribution is 5.28. The third-order valence-electron chi connectivity index (χ3n) is 4.00. The van der Waals surface area contributed by atoms with Gasteiger partial charge in [-0.3, -0.25) is 0 Å². The van der Waals surface area contributed by atoms with E-state index in [-0.39, 0.29) is 11.9 Å². The van der Waals surface area contributed by atoms with Gasteiger partial charge < -0.3 is 5.73 Å². The number of halogens is 1. The molecule has 0 radical (unpaired) electrons. The van der Waals surface area contributed by atoms with Gasteiger partial charge >= 0.3 is 0 Å². The van der Waals surface area contributed by atoms with Crippen LogP contribution in [0.2, 0.25) is 0 Å². The van der Waals surface area contributed by atoms with Gasteiger partial charge in [0.1, 0.15) is 5.82 Å². The summed E-state index contributed by atoms with van der Waals surface area (Å²) in [6.07, 6.45) is 1.81. The van der Waals surface area contributed by atoms with Crippen molar-refractivity contribution in [1.82, 2.24) is 0 Å². The van der Waals surface area contributed by atoms with Crippen LogP contribution in [0, 0.1) is 12.7 Å². The summed E-state index contributed by atoms with van der Waals surface area (Å²) in [6, 6.07) is 13.8. The number of hydrogen-bond donors (Lipinski definition) is 1. The molecule has 1 atom stereocenters. The first-order valence-corrected chi connectivity index (χ1v) is 7.58. The summed E-state index contributed by atoms with van der Waals surface area (Å²) in [6.45, 7) is 6.17. The number of aryl methyl sites for hydroxylation is 2. The van der Waals surface area contributed by atoms with Crippen molar-refractivity contribution in [3.8, 4) is 0 Å². The van der Waals surface area contributed by atoms with Crippen molar-refractivity contribution in [1.29, 1.82) is 0 Å². The van der Waals surface area contributed by atoms with E-state index in [2.05, 4.69) is 38.1 Å². The van der Waals surface area contributed by atoms with Crippen LogP contribution in [0.5, 0.6) is 0 Å². The molecule has 0 aliphatic rings. The first-order chi connectivity index (χ1) is 9.97. The number of rotatable bonds is 5. The summed E-state index contributed by atoms with van der Waals surface area (Å²) in [5.74, 6) is 0.388. The molecule has 112 valence electrons. The molecule has 2 heteroatoms. The molecular weight excluding hydrogens is 261 g/mol. The lowest BCUT2D eigenvalue weighted by molar-refractivity contribution is 0.610. The quantitative estimate of drug-likeness (QED) is 0.831. The van der Waals surface area contributed by atoms with Gasteiger partial charge in [0.2, 0.25) is 0 Å². The fraction of sp³-hybridized carbons (Fsp3) is 0.368. The summed E-state index contributed by atoms with van der Waals surface area (Å²) in [4.78, 5) is 0. The molecule has 21 heavy (non-hydrogen) atoms. The van der Waals surface area contributed by atoms with Crippen molar-refractivity contribution in [3.05, 3.63) is 70.5 Å². The van der Waals surface area contributed by atoms with Crippen molar-refractivity contribution in [2.75, 3.05) is 0 Å². The predicted molar refractivity (Wildman–Crippen MR) is 86.9 cm³/mol. The van der Waals surface area contributed by atoms with Gasteiger partial charge in [0, 0.05) is 6.04 Å². The van der Waals surface area contributed by atoms with Crippen LogP contribution in [0.25, 0.3) is 0 Å². The minimum atomic E-state index is -0.171. The Morgan fingerprint density at radius 2 is 1.62 bits per heavy atom. The maximum absolute atomic E-state index is 13.3. The maximum Gasteiger partial charge on any atom is 0.126 e. The molecule has 2 aromatic carbocycles. The Morgan fingerprint density at radius 3 is 2.19 bits per heavy atom. The van der Waals surface area contributed by atoms with Gasteiger partial charge in [-0.2, -0.15) is 0 Å². The second-order valence-electron chi connectivity index (χ2n) is 6.05. The van der Waals surface area contributed by atoms with E-state index >= 15 is 0 Å². The molecule has 1 nitrogen and oxygen atoms in total. The van der Waals surface area contributed by atoms with E-state index in [1.54, 1.807) is 13.0 Å². The minimum absolute atomic E-state index is 0.0472. The van der Waals surface area contributed by atoms with Crippen molar-refractivity contribution < 1.29 is 4.39 Å². The molecule has 0 saturated carbocycles. The number of nitrogens with two attached hydrogens (primary N) is 1. The second kappa shape index (κ2) is 6.86. The molecule has 1 unspecified atom stereocenters. The lowest BCUT2D eigenvalue weighted by Gasteiger charge is -2.13. The standard InChI is InChI=1S/C19H24FN/c1-13(2)16-7-4-15(5-8-16)6-11-19(21)17-9-10-18(20)14(3)12-17/h4-5,7-10,12-13,19H,6,11,21H2,1-3H3. The summed E-state index contributed by atoms with van der Waals surface area (Å²) >= 11 is 0. The predicted octanol–water partition coefficient (Wildman–Crippen LogP) is 4.89. The average Bonchev–Trinajstić information content (AvgIpc) is 2.48. The monoisotopic (exact) mass is 285 g/mol. The average molecular weight is 285 g/mol. The molecule has 0 heterocycles. The summed E-state index contributed by atoms with van der Waals surface area (Å²) in [5, 5.41) is 0. The van der Waals surface area contributed by atoms with E-state index in [1.165, 1.54) is 17.2 Å². The highest BCUT2D eigenvalue weighted by Gasteiger charge is 2.08. The van der Waals surface area contributed by atoms with Crippen LogP contribution in [0.3, 0.4) is 0 Å². The molecule has 0 amide bonds. The molecule has 0 saturated heterocycles. The van der Waals surface area contributed by atoms with E-state index in [4.69, 9.17) is 5.73 Å². The molecule has 0 aromatic heterocycles. The normalized spacial score (nSPS) is 12.7. The van der Waals surface area contributed by atoms with Crippen LogP contribution in [0.4, 0.5) is 4.39 Å². The molecule has 2 N–H and O–H groups in total. The smallest absolute Gasteiger partial charge is 0.126 e. The lowest BCUT2D eigenvalue weighted by Crippen LogP contribution is -2.11. The zero-order chi connectivity index (χ0) is 15.4. The van der Waals surface area contributed by atoms with E-state index in [0.29, 0.717) is 11.5 Å². The summed E-state index contributed by atoms with van der Waals surface area (Å²) in [7, 11) is 0. The number of hydrogen-bond acceptors (Lipinski definition) is 1. The molecular formula is C19H24FN. The Balaban J connectivity index is 1.97. The zero-order valence-electron chi connectivity index (χ0n) is 13.1. The van der Waals surface area contributed by atoms with Crippen LogP contribution in [-0.4, -0.2) is 0 Å². The molecule has 0 spiro atoms. The van der Waals surface area contributed by atoms with Crippen molar-refractivity contribution in [2.45, 2.75) is 45.6 Å². The highest BCUT2D eigenvalue weighted by atomic mass is 19.1. The molecule has 0 aliphatic carbocycles. The van der Waals surface area contributed by atoms with Crippen LogP contribution >= 0.6 is 0 Å². The third-order valence-corrected chi connectivity index (χ3v) is 4.00. The highest BCUT2D eigenvalue weighted by Crippen LogP contribution is 2.21. The Hall–Kier alpha value is -1.67. The molecule has 2 aromatic rings. The number of benzene rings is 2. The van der Waals surface area contributed by atoms with Gasteiger partial charge in [-0.15, -0.1) is 0 Å². The Kier molecular flexibility index (Phi) is 5.13. The first-order valence-electron chi connectivity index (χ1n) is 7.58. The SMILES string of the molecule is Cc1cc(C(N)CCc2ccc(C(C)C)cc2)ccc1F. The largest absolute Gasteiger partial charge is 0.324 e. The fourth-order valence-corrected chi connectivity index (χ4v) is 2.46. The van der Waals surface area contributed by atoms with E-state index in [9.17, 15) is 4.39 Å². The van der Waals surface area contributed by atoms with Gasteiger partial charge in [0.15, 0.2) is 0 Å². The molecule has 0 fully saturated rings. The van der Waals surface area contributed by atoms with Crippen molar-refractivity contribution >= 4 is 0 Å². The van der Waals surface area contributed by atoms with Gasteiger partial charge in [-0.25, -0.2) is 4.39 Å². The maximum atomic E-state index is 13.3. The molecule has 0 bridgehead atoms. The zero-order valence-corrected chi connectivity index (χ0v) is 13.1. The Morgan fingerprint density at radius 1 is 1.00 bits per heavy atom. The Labute approximate surface area is 127 Å². The van der Waals surface area contributed by atoms with E-state index in [0.717, 1.165) is 18.4 Å². The second-order valence-corrected chi connectivity index (χ2v) is 6.05. The van der Waals surface area contributed by atoms with Crippen molar-refractivity contribution in [2.24, 2.45) is 5.73 Å². The minimum Gasteiger partial charge on any atom is -0.324 e. The Bertz CT molecular complexity index is 587. The van der Waals surface area contributed by atoms with Crippen LogP contribution in [-0.2, 0) is 6.42 Å². The van der Waals surface area contributed by atoms with Gasteiger partial charge in [-0.1, -0.05) is 50.2 Å². The molecule has 2 rings (SSSR count). The summed E-state index contributed by atoms with van der Waals surface area (Å²) in [5.41, 5.74) is 10.5. The van der Waals surface area contributed by atoms with Gasteiger partial charge in [0.05, 0.1) is 0 Å². The van der Waals surface area contributed by atoms with Gasteiger partial charge in [-0.05, 0) is 54.0 Å². The first kappa shape index (κ1) is 15.7. The van der Waals surface area contributed by atoms with Crippen LogP contribution in [0.1, 0.15) is 54.5 Å². The van der Waals surface area contributed by atoms with Crippen LogP contribution in [0.15, 0.2) is 42.5 Å². The van der Waals surface area contributed by atoms with Crippen LogP contribution < -0.4 is 5.73 Å². The topological polar surface area (TPSA) is 26.0 Å². The van der Waals surface area contributed by atoms with Crippen molar-refractivity contribution in [3.63, 3.8) is 0 Å². The third kappa shape index (κ3) is 4.15. The van der Waals surface area contributed by atoms with E-state index < -0.39 is 0 Å². The lowest BCUT2D eigenvalue weighted by atomic mass is 9.96. The van der Waals surface area contributed by atoms with Gasteiger partial charge in [0.25, 0.3) is 0 Å². The summed E-state index contributed by atoms with van der Waals surface area (Å²) < 4.78 is 13.3. The van der Waals surface area contributed by atoms with E-state index in [1.807, 2.05) is 6.07 Å².